The lowest BCUT2D eigenvalue weighted by molar-refractivity contribution is -0.142. The maximum atomic E-state index is 13.5. The van der Waals surface area contributed by atoms with E-state index >= 15 is 0 Å². The average molecular weight is 724 g/mol. The molecule has 0 aliphatic carbocycles. The van der Waals surface area contributed by atoms with Crippen molar-refractivity contribution in [1.82, 2.24) is 20.9 Å². The largest absolute Gasteiger partial charge is 0.507 e. The summed E-state index contributed by atoms with van der Waals surface area (Å²) in [5.41, 5.74) is 7.09. The summed E-state index contributed by atoms with van der Waals surface area (Å²) >= 11 is 0. The Morgan fingerprint density at radius 3 is 2.12 bits per heavy atom. The predicted molar refractivity (Wildman–Crippen MR) is 203 cm³/mol. The lowest BCUT2D eigenvalue weighted by Gasteiger charge is -2.28. The van der Waals surface area contributed by atoms with Gasteiger partial charge in [-0.15, -0.1) is 0 Å². The lowest BCUT2D eigenvalue weighted by atomic mass is 9.95. The molecule has 2 unspecified atom stereocenters. The van der Waals surface area contributed by atoms with Gasteiger partial charge in [0.2, 0.25) is 23.6 Å². The maximum absolute atomic E-state index is 13.5. The molecule has 288 valence electrons. The summed E-state index contributed by atoms with van der Waals surface area (Å²) in [4.78, 5) is 64.9. The highest BCUT2D eigenvalue weighted by Crippen LogP contribution is 2.34. The Morgan fingerprint density at radius 1 is 0.885 bits per heavy atom. The third-order valence-electron chi connectivity index (χ3n) is 9.10. The van der Waals surface area contributed by atoms with Gasteiger partial charge in [-0.3, -0.25) is 19.2 Å². The van der Waals surface area contributed by atoms with E-state index in [1.54, 1.807) is 30.3 Å². The fourth-order valence-corrected chi connectivity index (χ4v) is 6.00. The first kappa shape index (κ1) is 43.7. The van der Waals surface area contributed by atoms with Crippen LogP contribution in [0, 0.1) is 0 Å². The van der Waals surface area contributed by atoms with Crippen LogP contribution >= 0.6 is 0 Å². The van der Waals surface area contributed by atoms with Crippen molar-refractivity contribution in [1.29, 1.82) is 0 Å². The Hall–Kier alpha value is -4.45. The second kappa shape index (κ2) is 24.7. The van der Waals surface area contributed by atoms with E-state index in [1.807, 2.05) is 0 Å². The van der Waals surface area contributed by atoms with E-state index in [0.717, 1.165) is 32.2 Å². The van der Waals surface area contributed by atoms with Gasteiger partial charge in [0.05, 0.1) is 13.1 Å². The summed E-state index contributed by atoms with van der Waals surface area (Å²) in [7, 11) is 1.43. The number of carbonyl (C=O) groups is 5. The molecule has 0 fully saturated rings. The number of phenols is 1. The van der Waals surface area contributed by atoms with Crippen molar-refractivity contribution in [3.63, 3.8) is 0 Å². The maximum Gasteiger partial charge on any atom is 0.326 e. The molecule has 1 aliphatic heterocycles. The number of fused-ring (bicyclic) bond motifs is 5. The molecule has 1 heterocycles. The van der Waals surface area contributed by atoms with E-state index in [4.69, 9.17) is 5.73 Å². The van der Waals surface area contributed by atoms with Gasteiger partial charge in [-0.05, 0) is 48.2 Å². The molecule has 2 aromatic carbocycles. The molecule has 12 nitrogen and oxygen atoms in total. The van der Waals surface area contributed by atoms with Crippen LogP contribution in [0.2, 0.25) is 0 Å². The van der Waals surface area contributed by atoms with Crippen LogP contribution in [0.4, 0.5) is 0 Å². The van der Waals surface area contributed by atoms with Gasteiger partial charge in [-0.2, -0.15) is 0 Å². The Morgan fingerprint density at radius 2 is 1.52 bits per heavy atom. The number of carboxylic acids is 1. The van der Waals surface area contributed by atoms with E-state index in [0.29, 0.717) is 28.7 Å². The number of phenolic OH excluding ortho intramolecular Hbond substituents is 1. The van der Waals surface area contributed by atoms with Crippen molar-refractivity contribution >= 4 is 29.6 Å². The van der Waals surface area contributed by atoms with Gasteiger partial charge < -0.3 is 36.8 Å². The summed E-state index contributed by atoms with van der Waals surface area (Å²) < 4.78 is 0. The van der Waals surface area contributed by atoms with Crippen molar-refractivity contribution in [2.24, 2.45) is 5.73 Å². The first-order valence-electron chi connectivity index (χ1n) is 19.0. The molecule has 1 aliphatic rings. The number of nitrogens with one attached hydrogen (secondary N) is 3. The van der Waals surface area contributed by atoms with Gasteiger partial charge in [0.15, 0.2) is 0 Å². The van der Waals surface area contributed by atoms with Crippen molar-refractivity contribution in [3.05, 3.63) is 53.6 Å². The Bertz CT molecular complexity index is 1430. The minimum absolute atomic E-state index is 0.00580. The van der Waals surface area contributed by atoms with Crippen LogP contribution in [0.15, 0.2) is 42.5 Å². The van der Waals surface area contributed by atoms with Crippen LogP contribution in [0.25, 0.3) is 11.1 Å². The molecule has 3 rings (SSSR count). The van der Waals surface area contributed by atoms with Gasteiger partial charge in [-0.25, -0.2) is 4.79 Å². The molecule has 7 N–H and O–H groups in total. The van der Waals surface area contributed by atoms with Crippen molar-refractivity contribution in [3.8, 4) is 16.9 Å². The van der Waals surface area contributed by atoms with E-state index in [9.17, 15) is 34.2 Å². The SMILES string of the molecule is CCCCCCCCCCCCCC(=O)NCC(=O)N(C)C1C(=O)NCC(=O)NC(C(=O)O)Cc2cccc(c2)-c2cc1ccc2O.CCCCN. The zero-order chi connectivity index (χ0) is 38.3. The van der Waals surface area contributed by atoms with Gasteiger partial charge in [0.1, 0.15) is 17.8 Å². The number of amides is 4. The molecular weight excluding hydrogens is 662 g/mol. The molecule has 12 heteroatoms. The van der Waals surface area contributed by atoms with Crippen LogP contribution in [0.3, 0.4) is 0 Å². The number of likely N-dealkylation sites (N-methyl/N-ethyl adjacent to an activating group) is 1. The van der Waals surface area contributed by atoms with Gasteiger partial charge in [0.25, 0.3) is 0 Å². The smallest absolute Gasteiger partial charge is 0.326 e. The van der Waals surface area contributed by atoms with E-state index in [-0.39, 0.29) is 24.6 Å². The highest BCUT2D eigenvalue weighted by molar-refractivity contribution is 5.94. The number of aromatic hydroxyl groups is 1. The third-order valence-corrected chi connectivity index (χ3v) is 9.10. The zero-order valence-electron chi connectivity index (χ0n) is 31.4. The number of rotatable bonds is 18. The Balaban J connectivity index is 0.00000175. The fourth-order valence-electron chi connectivity index (χ4n) is 6.00. The summed E-state index contributed by atoms with van der Waals surface area (Å²) in [6, 6.07) is 8.96. The van der Waals surface area contributed by atoms with E-state index in [2.05, 4.69) is 29.8 Å². The molecule has 4 bridgehead atoms. The predicted octanol–water partition coefficient (Wildman–Crippen LogP) is 5.36. The second-order valence-corrected chi connectivity index (χ2v) is 13.5. The van der Waals surface area contributed by atoms with E-state index in [1.165, 1.54) is 81.9 Å². The highest BCUT2D eigenvalue weighted by Gasteiger charge is 2.31. The van der Waals surface area contributed by atoms with Gasteiger partial charge >= 0.3 is 5.97 Å². The van der Waals surface area contributed by atoms with Crippen LogP contribution < -0.4 is 21.7 Å². The Kier molecular flexibility index (Phi) is 20.8. The topological polar surface area (TPSA) is 191 Å². The number of benzene rings is 2. The minimum Gasteiger partial charge on any atom is -0.507 e. The Labute approximate surface area is 309 Å². The average Bonchev–Trinajstić information content (AvgIpc) is 3.12. The van der Waals surface area contributed by atoms with Crippen LogP contribution in [-0.2, 0) is 30.4 Å². The molecule has 0 aromatic heterocycles. The molecule has 0 spiro atoms. The third kappa shape index (κ3) is 15.8. The monoisotopic (exact) mass is 723 g/mol. The van der Waals surface area contributed by atoms with Crippen molar-refractivity contribution < 1.29 is 34.2 Å². The second-order valence-electron chi connectivity index (χ2n) is 13.5. The first-order valence-corrected chi connectivity index (χ1v) is 19.0. The number of hydrogen-bond acceptors (Lipinski definition) is 7. The number of unbranched alkanes of at least 4 members (excludes halogenated alkanes) is 11. The number of nitrogens with zero attached hydrogens (tertiary/aromatic N) is 1. The standard InChI is InChI=1S/C36H50N4O7.C4H11N/c1-3-4-5-6-7-8-9-10-11-12-13-17-31(42)37-24-33(44)40(2)34-27-18-19-30(41)28(22-27)26-16-14-15-25(20-26)21-29(36(46)47)39-32(43)23-38-35(34)45;1-2-3-4-5/h14-16,18-20,22,29,34,41H,3-13,17,21,23-24H2,1-2H3,(H,37,42)(H,38,45)(H,39,43)(H,46,47);2-5H2,1H3. The lowest BCUT2D eigenvalue weighted by Crippen LogP contribution is -2.49. The highest BCUT2D eigenvalue weighted by atomic mass is 16.4. The van der Waals surface area contributed by atoms with Gasteiger partial charge in [-0.1, -0.05) is 115 Å². The van der Waals surface area contributed by atoms with Gasteiger partial charge in [0, 0.05) is 25.5 Å². The summed E-state index contributed by atoms with van der Waals surface area (Å²) in [5, 5.41) is 28.0. The molecule has 0 radical (unpaired) electrons. The molecular formula is C40H61N5O7. The van der Waals surface area contributed by atoms with Crippen LogP contribution in [-0.4, -0.2) is 77.4 Å². The molecule has 2 aromatic rings. The zero-order valence-corrected chi connectivity index (χ0v) is 31.4. The summed E-state index contributed by atoms with van der Waals surface area (Å²) in [6.45, 7) is 4.37. The molecule has 0 saturated carbocycles. The quantitative estimate of drug-likeness (QED) is 0.111. The molecule has 52 heavy (non-hydrogen) atoms. The van der Waals surface area contributed by atoms with E-state index < -0.39 is 42.3 Å². The number of carbonyl (C=O) groups excluding carboxylic acids is 4. The van der Waals surface area contributed by atoms with Crippen molar-refractivity contribution in [2.45, 2.75) is 122 Å². The fraction of sp³-hybridized carbons (Fsp3) is 0.575. The number of aliphatic carboxylic acids is 1. The minimum atomic E-state index is -1.24. The summed E-state index contributed by atoms with van der Waals surface area (Å²) in [5.74, 6) is -3.45. The molecule has 2 atom stereocenters. The molecule has 4 amide bonds. The first-order chi connectivity index (χ1) is 25.0. The van der Waals surface area contributed by atoms with Crippen molar-refractivity contribution in [2.75, 3.05) is 26.7 Å². The number of carboxylic acid groups (broad SMARTS) is 1. The summed E-state index contributed by atoms with van der Waals surface area (Å²) in [6.07, 6.45) is 15.6. The molecule has 0 saturated heterocycles. The number of hydrogen-bond donors (Lipinski definition) is 6. The normalized spacial score (nSPS) is 15.6. The number of nitrogens with two attached hydrogens (primary N) is 1. The van der Waals surface area contributed by atoms with Crippen LogP contribution in [0.5, 0.6) is 5.75 Å². The van der Waals surface area contributed by atoms with Crippen LogP contribution in [0.1, 0.15) is 121 Å².